The van der Waals surface area contributed by atoms with E-state index in [0.717, 1.165) is 10.1 Å². The van der Waals surface area contributed by atoms with Crippen LogP contribution in [0.4, 0.5) is 5.13 Å². The minimum atomic E-state index is -0.00673. The number of hydrogen-bond acceptors (Lipinski definition) is 5. The van der Waals surface area contributed by atoms with Crippen LogP contribution in [0.5, 0.6) is 0 Å². The average Bonchev–Trinajstić information content (AvgIpc) is 2.94. The summed E-state index contributed by atoms with van der Waals surface area (Å²) in [6, 6.07) is 0. The number of nitrogens with zero attached hydrogens (tertiary/aromatic N) is 2. The van der Waals surface area contributed by atoms with Gasteiger partial charge in [-0.25, -0.2) is 0 Å². The zero-order valence-electron chi connectivity index (χ0n) is 8.62. The van der Waals surface area contributed by atoms with Crippen molar-refractivity contribution in [3.05, 3.63) is 5.01 Å². The number of nitrogens with one attached hydrogen (secondary N) is 2. The lowest BCUT2D eigenvalue weighted by Crippen LogP contribution is -2.26. The van der Waals surface area contributed by atoms with E-state index in [9.17, 15) is 4.79 Å². The highest BCUT2D eigenvalue weighted by Gasteiger charge is 2.27. The molecule has 0 bridgehead atoms. The summed E-state index contributed by atoms with van der Waals surface area (Å²) in [5.41, 5.74) is 0. The number of hydrogen-bond donors (Lipinski definition) is 2. The second kappa shape index (κ2) is 4.57. The Labute approximate surface area is 92.3 Å². The van der Waals surface area contributed by atoms with Crippen LogP contribution in [0.25, 0.3) is 0 Å². The molecule has 0 saturated heterocycles. The van der Waals surface area contributed by atoms with Crippen molar-refractivity contribution in [1.29, 1.82) is 0 Å². The third-order valence-electron chi connectivity index (χ3n) is 2.14. The summed E-state index contributed by atoms with van der Waals surface area (Å²) in [5, 5.41) is 16.0. The molecule has 2 rings (SSSR count). The summed E-state index contributed by atoms with van der Waals surface area (Å²) in [4.78, 5) is 10.6. The molecule has 2 N–H and O–H groups in total. The minimum Gasteiger partial charge on any atom is -0.358 e. The summed E-state index contributed by atoms with van der Waals surface area (Å²) in [6.07, 6.45) is 2.50. The highest BCUT2D eigenvalue weighted by molar-refractivity contribution is 7.15. The second-order valence-corrected chi connectivity index (χ2v) is 4.64. The topological polar surface area (TPSA) is 66.9 Å². The Kier molecular flexibility index (Phi) is 3.15. The van der Waals surface area contributed by atoms with E-state index in [0.29, 0.717) is 19.0 Å². The Morgan fingerprint density at radius 3 is 2.93 bits per heavy atom. The fourth-order valence-corrected chi connectivity index (χ4v) is 2.15. The van der Waals surface area contributed by atoms with Crippen molar-refractivity contribution in [2.75, 3.05) is 18.4 Å². The normalized spacial score (nSPS) is 15.0. The van der Waals surface area contributed by atoms with E-state index >= 15 is 0 Å². The van der Waals surface area contributed by atoms with Gasteiger partial charge in [0.25, 0.3) is 0 Å². The number of aromatic nitrogens is 2. The SMILES string of the molecule is CC(=O)NCCNc1nnc(C2CC2)s1. The molecule has 6 heteroatoms. The van der Waals surface area contributed by atoms with Crippen LogP contribution < -0.4 is 10.6 Å². The third kappa shape index (κ3) is 3.16. The molecule has 1 heterocycles. The standard InChI is InChI=1S/C9H14N4OS/c1-6(14)10-4-5-11-9-13-12-8(15-9)7-2-3-7/h7H,2-5H2,1H3,(H,10,14)(H,11,13). The Morgan fingerprint density at radius 1 is 1.47 bits per heavy atom. The largest absolute Gasteiger partial charge is 0.358 e. The molecule has 82 valence electrons. The maximum Gasteiger partial charge on any atom is 0.216 e. The third-order valence-corrected chi connectivity index (χ3v) is 3.19. The van der Waals surface area contributed by atoms with E-state index in [2.05, 4.69) is 20.8 Å². The van der Waals surface area contributed by atoms with Crippen LogP contribution in [-0.4, -0.2) is 29.2 Å². The first-order chi connectivity index (χ1) is 7.25. The van der Waals surface area contributed by atoms with Crippen LogP contribution in [0.15, 0.2) is 0 Å². The Balaban J connectivity index is 1.71. The molecule has 0 radical (unpaired) electrons. The van der Waals surface area contributed by atoms with E-state index in [4.69, 9.17) is 0 Å². The van der Waals surface area contributed by atoms with Crippen LogP contribution in [0.3, 0.4) is 0 Å². The summed E-state index contributed by atoms with van der Waals surface area (Å²) in [6.45, 7) is 2.82. The maximum absolute atomic E-state index is 10.6. The van der Waals surface area contributed by atoms with E-state index in [1.54, 1.807) is 11.3 Å². The van der Waals surface area contributed by atoms with E-state index in [1.807, 2.05) is 0 Å². The molecule has 0 aliphatic heterocycles. The van der Waals surface area contributed by atoms with Gasteiger partial charge in [0.2, 0.25) is 11.0 Å². The van der Waals surface area contributed by atoms with Crippen molar-refractivity contribution in [3.8, 4) is 0 Å². The number of amides is 1. The van der Waals surface area contributed by atoms with Crippen molar-refractivity contribution in [2.24, 2.45) is 0 Å². The predicted octanol–water partition coefficient (Wildman–Crippen LogP) is 0.963. The van der Waals surface area contributed by atoms with Gasteiger partial charge in [0.05, 0.1) is 0 Å². The molecule has 1 saturated carbocycles. The molecular formula is C9H14N4OS. The van der Waals surface area contributed by atoms with Gasteiger partial charge in [-0.15, -0.1) is 10.2 Å². The molecule has 1 aromatic heterocycles. The lowest BCUT2D eigenvalue weighted by Gasteiger charge is -2.01. The van der Waals surface area contributed by atoms with Gasteiger partial charge in [-0.05, 0) is 12.8 Å². The summed E-state index contributed by atoms with van der Waals surface area (Å²) < 4.78 is 0. The lowest BCUT2D eigenvalue weighted by molar-refractivity contribution is -0.118. The van der Waals surface area contributed by atoms with Crippen molar-refractivity contribution >= 4 is 22.4 Å². The van der Waals surface area contributed by atoms with Gasteiger partial charge < -0.3 is 10.6 Å². The molecule has 1 aliphatic rings. The highest BCUT2D eigenvalue weighted by atomic mass is 32.1. The molecule has 5 nitrogen and oxygen atoms in total. The van der Waals surface area contributed by atoms with Gasteiger partial charge in [-0.2, -0.15) is 0 Å². The Morgan fingerprint density at radius 2 is 2.27 bits per heavy atom. The molecule has 1 aromatic rings. The smallest absolute Gasteiger partial charge is 0.216 e. The first-order valence-electron chi connectivity index (χ1n) is 5.07. The maximum atomic E-state index is 10.6. The summed E-state index contributed by atoms with van der Waals surface area (Å²) in [5.74, 6) is 0.654. The van der Waals surface area contributed by atoms with E-state index in [1.165, 1.54) is 19.8 Å². The van der Waals surface area contributed by atoms with Gasteiger partial charge in [0, 0.05) is 25.9 Å². The number of carbonyl (C=O) groups is 1. The summed E-state index contributed by atoms with van der Waals surface area (Å²) in [7, 11) is 0. The zero-order chi connectivity index (χ0) is 10.7. The molecule has 1 fully saturated rings. The van der Waals surface area contributed by atoms with Gasteiger partial charge in [0.1, 0.15) is 5.01 Å². The quantitative estimate of drug-likeness (QED) is 0.734. The zero-order valence-corrected chi connectivity index (χ0v) is 9.43. The Hall–Kier alpha value is -1.17. The fraction of sp³-hybridized carbons (Fsp3) is 0.667. The minimum absolute atomic E-state index is 0.00673. The Bertz CT molecular complexity index is 348. The molecule has 15 heavy (non-hydrogen) atoms. The van der Waals surface area contributed by atoms with Gasteiger partial charge >= 0.3 is 0 Å². The highest BCUT2D eigenvalue weighted by Crippen LogP contribution is 2.41. The molecule has 0 unspecified atom stereocenters. The molecule has 0 spiro atoms. The van der Waals surface area contributed by atoms with E-state index < -0.39 is 0 Å². The summed E-state index contributed by atoms with van der Waals surface area (Å²) >= 11 is 1.62. The average molecular weight is 226 g/mol. The first-order valence-corrected chi connectivity index (χ1v) is 5.89. The molecule has 0 atom stereocenters. The molecule has 1 aliphatic carbocycles. The van der Waals surface area contributed by atoms with Gasteiger partial charge in [-0.1, -0.05) is 11.3 Å². The van der Waals surface area contributed by atoms with Crippen LogP contribution in [0.2, 0.25) is 0 Å². The van der Waals surface area contributed by atoms with Crippen LogP contribution in [-0.2, 0) is 4.79 Å². The van der Waals surface area contributed by atoms with Gasteiger partial charge in [0.15, 0.2) is 0 Å². The van der Waals surface area contributed by atoms with E-state index in [-0.39, 0.29) is 5.91 Å². The van der Waals surface area contributed by atoms with Crippen molar-refractivity contribution in [3.63, 3.8) is 0 Å². The number of carbonyl (C=O) groups excluding carboxylic acids is 1. The van der Waals surface area contributed by atoms with Crippen LogP contribution >= 0.6 is 11.3 Å². The fourth-order valence-electron chi connectivity index (χ4n) is 1.21. The molecule has 0 aromatic carbocycles. The molecular weight excluding hydrogens is 212 g/mol. The predicted molar refractivity (Wildman–Crippen MR) is 59.1 cm³/mol. The first kappa shape index (κ1) is 10.4. The van der Waals surface area contributed by atoms with Crippen LogP contribution in [0.1, 0.15) is 30.7 Å². The van der Waals surface area contributed by atoms with Crippen LogP contribution in [0, 0.1) is 0 Å². The van der Waals surface area contributed by atoms with Gasteiger partial charge in [-0.3, -0.25) is 4.79 Å². The van der Waals surface area contributed by atoms with Crippen molar-refractivity contribution in [2.45, 2.75) is 25.7 Å². The second-order valence-electron chi connectivity index (χ2n) is 3.63. The van der Waals surface area contributed by atoms with Crippen molar-refractivity contribution in [1.82, 2.24) is 15.5 Å². The molecule has 1 amide bonds. The van der Waals surface area contributed by atoms with Crippen molar-refractivity contribution < 1.29 is 4.79 Å². The monoisotopic (exact) mass is 226 g/mol. The number of anilines is 1. The lowest BCUT2D eigenvalue weighted by atomic mass is 10.5. The number of rotatable bonds is 5.